The molecule has 0 radical (unpaired) electrons. The third kappa shape index (κ3) is 1.48. The van der Waals surface area contributed by atoms with Gasteiger partial charge in [0.2, 0.25) is 0 Å². The third-order valence-electron chi connectivity index (χ3n) is 1.32. The Hall–Kier alpha value is -0.570. The Labute approximate surface area is 64.7 Å². The first-order valence-corrected chi connectivity index (χ1v) is 3.46. The lowest BCUT2D eigenvalue weighted by Gasteiger charge is -2.02. The van der Waals surface area contributed by atoms with E-state index in [1.807, 2.05) is 6.92 Å². The second-order valence-electron chi connectivity index (χ2n) is 2.07. The summed E-state index contributed by atoms with van der Waals surface area (Å²) in [4.78, 5) is 3.83. The first-order valence-electron chi connectivity index (χ1n) is 2.94. The van der Waals surface area contributed by atoms with Crippen molar-refractivity contribution in [1.82, 2.24) is 4.98 Å². The largest absolute Gasteiger partial charge is 0.264 e. The highest BCUT2D eigenvalue weighted by Gasteiger charge is 2.04. The van der Waals surface area contributed by atoms with Crippen LogP contribution in [0, 0.1) is 6.92 Å². The highest BCUT2D eigenvalue weighted by molar-refractivity contribution is 7.80. The van der Waals surface area contributed by atoms with Gasteiger partial charge in [-0.3, -0.25) is 4.98 Å². The number of hydrogen-bond acceptors (Lipinski definition) is 2. The molecule has 1 aromatic heterocycles. The summed E-state index contributed by atoms with van der Waals surface area (Å²) in [5.41, 5.74) is 0.242. The average molecular weight is 157 g/mol. The molecule has 1 rings (SSSR count). The quantitative estimate of drug-likeness (QED) is 0.617. The second-order valence-corrected chi connectivity index (χ2v) is 2.52. The van der Waals surface area contributed by atoms with Crippen LogP contribution in [0.25, 0.3) is 0 Å². The average Bonchev–Trinajstić information content (AvgIpc) is 1.88. The van der Waals surface area contributed by atoms with Crippen LogP contribution in [-0.2, 0) is 0 Å². The fraction of sp³-hybridized carbons (Fsp3) is 0.286. The van der Waals surface area contributed by atoms with Crippen molar-refractivity contribution in [3.63, 3.8) is 0 Å². The molecule has 0 aromatic carbocycles. The summed E-state index contributed by atoms with van der Waals surface area (Å²) < 4.78 is 12.5. The van der Waals surface area contributed by atoms with Crippen molar-refractivity contribution in [2.45, 2.75) is 12.4 Å². The van der Waals surface area contributed by atoms with Crippen LogP contribution in [-0.4, -0.2) is 4.98 Å². The van der Waals surface area contributed by atoms with E-state index < -0.39 is 5.50 Å². The van der Waals surface area contributed by atoms with Gasteiger partial charge >= 0.3 is 0 Å². The number of halogens is 1. The van der Waals surface area contributed by atoms with Crippen LogP contribution < -0.4 is 0 Å². The van der Waals surface area contributed by atoms with E-state index in [-0.39, 0.29) is 0 Å². The van der Waals surface area contributed by atoms with Gasteiger partial charge in [-0.1, -0.05) is 0 Å². The van der Waals surface area contributed by atoms with Gasteiger partial charge < -0.3 is 0 Å². The molecule has 0 fully saturated rings. The summed E-state index contributed by atoms with van der Waals surface area (Å²) in [6.07, 6.45) is 3.18. The van der Waals surface area contributed by atoms with E-state index in [4.69, 9.17) is 0 Å². The normalized spacial score (nSPS) is 13.1. The molecular formula is C7H8FNS. The number of rotatable bonds is 1. The zero-order valence-electron chi connectivity index (χ0n) is 5.58. The number of nitrogens with zero attached hydrogens (tertiary/aromatic N) is 1. The number of thiol groups is 1. The number of aromatic nitrogens is 1. The van der Waals surface area contributed by atoms with Crippen molar-refractivity contribution in [1.29, 1.82) is 0 Å². The van der Waals surface area contributed by atoms with E-state index in [9.17, 15) is 4.39 Å². The van der Waals surface area contributed by atoms with Crippen LogP contribution in [0.2, 0.25) is 0 Å². The van der Waals surface area contributed by atoms with Crippen molar-refractivity contribution in [2.75, 3.05) is 0 Å². The highest BCUT2D eigenvalue weighted by atomic mass is 32.1. The van der Waals surface area contributed by atoms with Gasteiger partial charge in [0.15, 0.2) is 5.50 Å². The van der Waals surface area contributed by atoms with Crippen molar-refractivity contribution in [3.8, 4) is 0 Å². The Morgan fingerprint density at radius 3 is 2.80 bits per heavy atom. The fourth-order valence-corrected chi connectivity index (χ4v) is 1.04. The van der Waals surface area contributed by atoms with Gasteiger partial charge in [-0.2, -0.15) is 0 Å². The first kappa shape index (κ1) is 7.54. The lowest BCUT2D eigenvalue weighted by molar-refractivity contribution is 0.471. The Morgan fingerprint density at radius 1 is 1.70 bits per heavy atom. The molecular weight excluding hydrogens is 149 g/mol. The molecule has 54 valence electrons. The lowest BCUT2D eigenvalue weighted by Crippen LogP contribution is -1.88. The van der Waals surface area contributed by atoms with Gasteiger partial charge in [-0.15, -0.1) is 12.6 Å². The Kier molecular flexibility index (Phi) is 2.27. The maximum Gasteiger partial charge on any atom is 0.168 e. The minimum atomic E-state index is -1.19. The SMILES string of the molecule is Cc1cnccc1C(F)S. The smallest absolute Gasteiger partial charge is 0.168 e. The van der Waals surface area contributed by atoms with Crippen molar-refractivity contribution in [2.24, 2.45) is 0 Å². The van der Waals surface area contributed by atoms with Gasteiger partial charge in [-0.25, -0.2) is 4.39 Å². The molecule has 1 unspecified atom stereocenters. The van der Waals surface area contributed by atoms with E-state index in [1.54, 1.807) is 18.5 Å². The number of aryl methyl sites for hydroxylation is 1. The molecule has 0 amide bonds. The van der Waals surface area contributed by atoms with Gasteiger partial charge in [0.05, 0.1) is 0 Å². The molecule has 1 atom stereocenters. The van der Waals surface area contributed by atoms with Gasteiger partial charge in [0, 0.05) is 18.0 Å². The molecule has 1 heterocycles. The van der Waals surface area contributed by atoms with Gasteiger partial charge in [-0.05, 0) is 18.6 Å². The van der Waals surface area contributed by atoms with Crippen molar-refractivity contribution in [3.05, 3.63) is 29.6 Å². The number of hydrogen-bond donors (Lipinski definition) is 1. The fourth-order valence-electron chi connectivity index (χ4n) is 0.751. The van der Waals surface area contributed by atoms with E-state index in [0.717, 1.165) is 5.56 Å². The predicted molar refractivity (Wildman–Crippen MR) is 41.8 cm³/mol. The first-order chi connectivity index (χ1) is 4.72. The Morgan fingerprint density at radius 2 is 2.40 bits per heavy atom. The second kappa shape index (κ2) is 3.01. The molecule has 0 saturated heterocycles. The third-order valence-corrected chi connectivity index (χ3v) is 1.60. The predicted octanol–water partition coefficient (Wildman–Crippen LogP) is 2.29. The van der Waals surface area contributed by atoms with Crippen LogP contribution in [0.3, 0.4) is 0 Å². The summed E-state index contributed by atoms with van der Waals surface area (Å²) in [6, 6.07) is 1.63. The molecule has 0 saturated carbocycles. The molecule has 3 heteroatoms. The van der Waals surface area contributed by atoms with E-state index in [1.165, 1.54) is 0 Å². The highest BCUT2D eigenvalue weighted by Crippen LogP contribution is 2.22. The summed E-state index contributed by atoms with van der Waals surface area (Å²) in [5.74, 6) is 0. The minimum Gasteiger partial charge on any atom is -0.264 e. The van der Waals surface area contributed by atoms with Gasteiger partial charge in [0.1, 0.15) is 0 Å². The monoisotopic (exact) mass is 157 g/mol. The summed E-state index contributed by atoms with van der Waals surface area (Å²) in [5, 5.41) is 0. The van der Waals surface area contributed by atoms with Crippen LogP contribution in [0.5, 0.6) is 0 Å². The van der Waals surface area contributed by atoms with E-state index in [2.05, 4.69) is 17.6 Å². The van der Waals surface area contributed by atoms with Crippen LogP contribution >= 0.6 is 12.6 Å². The summed E-state index contributed by atoms with van der Waals surface area (Å²) in [7, 11) is 0. The molecule has 0 bridgehead atoms. The van der Waals surface area contributed by atoms with E-state index in [0.29, 0.717) is 5.56 Å². The molecule has 0 aliphatic rings. The van der Waals surface area contributed by atoms with Crippen LogP contribution in [0.4, 0.5) is 4.39 Å². The summed E-state index contributed by atoms with van der Waals surface area (Å²) >= 11 is 3.66. The molecule has 10 heavy (non-hydrogen) atoms. The Bertz CT molecular complexity index is 225. The van der Waals surface area contributed by atoms with Crippen molar-refractivity contribution < 1.29 is 4.39 Å². The van der Waals surface area contributed by atoms with Gasteiger partial charge in [0.25, 0.3) is 0 Å². The number of pyridine rings is 1. The molecule has 0 aliphatic carbocycles. The molecule has 1 aromatic rings. The maximum absolute atomic E-state index is 12.5. The molecule has 1 nitrogen and oxygen atoms in total. The molecule has 0 aliphatic heterocycles. The zero-order chi connectivity index (χ0) is 7.56. The van der Waals surface area contributed by atoms with Crippen molar-refractivity contribution >= 4 is 12.6 Å². The lowest BCUT2D eigenvalue weighted by atomic mass is 10.2. The van der Waals surface area contributed by atoms with E-state index >= 15 is 0 Å². The van der Waals surface area contributed by atoms with Crippen LogP contribution in [0.15, 0.2) is 18.5 Å². The topological polar surface area (TPSA) is 12.9 Å². The zero-order valence-corrected chi connectivity index (χ0v) is 6.48. The molecule has 0 N–H and O–H groups in total. The minimum absolute atomic E-state index is 0.596. The number of alkyl halides is 1. The standard InChI is InChI=1S/C7H8FNS/c1-5-4-9-3-2-6(5)7(8)10/h2-4,7,10H,1H3. The maximum atomic E-state index is 12.5. The van der Waals surface area contributed by atoms with Crippen LogP contribution in [0.1, 0.15) is 16.6 Å². The molecule has 0 spiro atoms. The Balaban J connectivity index is 3.03. The summed E-state index contributed by atoms with van der Waals surface area (Å²) in [6.45, 7) is 1.81.